The smallest absolute Gasteiger partial charge is 0.312 e. The number of aromatic hydroxyl groups is 2. The van der Waals surface area contributed by atoms with E-state index in [0.717, 1.165) is 0 Å². The Kier molecular flexibility index (Phi) is 15.4. The number of phenols is 2. The number of terminal acetylenes is 1. The minimum atomic E-state index is -2.05. The number of ether oxygens (including phenoxy) is 5. The predicted molar refractivity (Wildman–Crippen MR) is 223 cm³/mol. The van der Waals surface area contributed by atoms with Crippen molar-refractivity contribution in [2.24, 2.45) is 23.7 Å². The molecule has 0 aliphatic carbocycles. The molecule has 15 nitrogen and oxygen atoms in total. The fourth-order valence-electron chi connectivity index (χ4n) is 7.65. The molecular weight excluding hydrogens is 776 g/mol. The summed E-state index contributed by atoms with van der Waals surface area (Å²) in [6.07, 6.45) is 9.63. The Morgan fingerprint density at radius 1 is 1.02 bits per heavy atom. The number of nitrogens with zero attached hydrogens (tertiary/aromatic N) is 1. The van der Waals surface area contributed by atoms with Crippen LogP contribution in [0.15, 0.2) is 42.2 Å². The van der Waals surface area contributed by atoms with Gasteiger partial charge < -0.3 is 54.3 Å². The lowest BCUT2D eigenvalue weighted by Crippen LogP contribution is -2.46. The molecule has 0 spiro atoms. The number of amides is 2. The topological polar surface area (TPSA) is 211 Å². The summed E-state index contributed by atoms with van der Waals surface area (Å²) in [4.78, 5) is 55.1. The van der Waals surface area contributed by atoms with Crippen LogP contribution in [-0.4, -0.2) is 106 Å². The lowest BCUT2D eigenvalue weighted by molar-refractivity contribution is -0.160. The first-order chi connectivity index (χ1) is 28.2. The van der Waals surface area contributed by atoms with Crippen LogP contribution in [-0.2, 0) is 28.6 Å². The van der Waals surface area contributed by atoms with Gasteiger partial charge in [0.05, 0.1) is 47.8 Å². The van der Waals surface area contributed by atoms with Crippen LogP contribution in [0, 0.1) is 42.9 Å². The molecule has 15 heteroatoms. The summed E-state index contributed by atoms with van der Waals surface area (Å²) in [5, 5.41) is 48.4. The van der Waals surface area contributed by atoms with E-state index in [0.29, 0.717) is 13.0 Å². The first-order valence-corrected chi connectivity index (χ1v) is 19.9. The van der Waals surface area contributed by atoms with Crippen molar-refractivity contribution in [3.63, 3.8) is 0 Å². The minimum Gasteiger partial charge on any atom is -0.507 e. The Morgan fingerprint density at radius 3 is 2.32 bits per heavy atom. The van der Waals surface area contributed by atoms with E-state index in [9.17, 15) is 39.6 Å². The molecule has 0 unspecified atom stereocenters. The number of carbonyl (C=O) groups is 4. The van der Waals surface area contributed by atoms with Gasteiger partial charge in [-0.05, 0) is 26.3 Å². The molecule has 0 fully saturated rings. The van der Waals surface area contributed by atoms with Crippen LogP contribution in [0.25, 0.3) is 10.8 Å². The van der Waals surface area contributed by atoms with Crippen LogP contribution in [0.2, 0.25) is 0 Å². The van der Waals surface area contributed by atoms with Crippen LogP contribution < -0.4 is 14.8 Å². The zero-order valence-corrected chi connectivity index (χ0v) is 35.9. The number of Topliss-reactive ketones (excluding diaryl/α,β-unsaturated/α-hetero) is 1. The van der Waals surface area contributed by atoms with Crippen molar-refractivity contribution in [2.75, 3.05) is 32.1 Å². The molecule has 326 valence electrons. The van der Waals surface area contributed by atoms with Gasteiger partial charge in [0.2, 0.25) is 0 Å². The fraction of sp³-hybridized carbons (Fsp3) is 0.511. The molecule has 0 saturated carbocycles. The summed E-state index contributed by atoms with van der Waals surface area (Å²) in [5.41, 5.74) is -0.0962. The number of methoxy groups -OCH3 is 1. The predicted octanol–water partition coefficient (Wildman–Crippen LogP) is 5.30. The quantitative estimate of drug-likeness (QED) is 0.130. The normalized spacial score (nSPS) is 29.4. The van der Waals surface area contributed by atoms with Crippen molar-refractivity contribution in [3.05, 3.63) is 53.3 Å². The average Bonchev–Trinajstić information content (AvgIpc) is 3.47. The summed E-state index contributed by atoms with van der Waals surface area (Å²) in [6, 6.07) is 1.24. The maximum absolute atomic E-state index is 14.5. The highest BCUT2D eigenvalue weighted by atomic mass is 16.7. The molecule has 2 amide bonds. The van der Waals surface area contributed by atoms with Gasteiger partial charge in [0.15, 0.2) is 12.4 Å². The van der Waals surface area contributed by atoms with E-state index < -0.39 is 95.5 Å². The Balaban J connectivity index is 1.94. The second-order valence-electron chi connectivity index (χ2n) is 15.7. The first-order valence-electron chi connectivity index (χ1n) is 19.9. The van der Waals surface area contributed by atoms with Gasteiger partial charge in [-0.2, -0.15) is 0 Å². The van der Waals surface area contributed by atoms with Crippen molar-refractivity contribution < 1.29 is 63.3 Å². The van der Waals surface area contributed by atoms with Gasteiger partial charge >= 0.3 is 11.8 Å². The molecule has 0 radical (unpaired) electrons. The number of anilines is 1. The third-order valence-electron chi connectivity index (χ3n) is 11.3. The number of nitrogens with one attached hydrogen (secondary N) is 1. The molecular formula is C45H58N2O13. The van der Waals surface area contributed by atoms with Gasteiger partial charge in [0.25, 0.3) is 17.6 Å². The minimum absolute atomic E-state index is 0.0174. The van der Waals surface area contributed by atoms with Gasteiger partial charge in [0.1, 0.15) is 23.4 Å². The molecule has 3 heterocycles. The Hall–Kier alpha value is -5.56. The Labute approximate surface area is 351 Å². The molecule has 0 saturated heterocycles. The average molecular weight is 835 g/mol. The van der Waals surface area contributed by atoms with Gasteiger partial charge in [-0.3, -0.25) is 19.2 Å². The van der Waals surface area contributed by atoms with Gasteiger partial charge in [0, 0.05) is 73.8 Å². The van der Waals surface area contributed by atoms with E-state index in [-0.39, 0.29) is 51.2 Å². The number of hydrogen-bond donors (Lipinski definition) is 5. The van der Waals surface area contributed by atoms with Gasteiger partial charge in [-0.15, -0.1) is 6.42 Å². The number of phenolic OH excluding ortho intramolecular Hbond substituents is 2. The molecule has 3 aliphatic rings. The van der Waals surface area contributed by atoms with Crippen LogP contribution in [0.5, 0.6) is 23.0 Å². The third kappa shape index (κ3) is 9.73. The maximum Gasteiger partial charge on any atom is 0.312 e. The Bertz CT molecular complexity index is 2100. The molecule has 5 N–H and O–H groups in total. The number of benzene rings is 2. The van der Waals surface area contributed by atoms with Crippen molar-refractivity contribution in [2.45, 2.75) is 98.9 Å². The number of ketones is 1. The van der Waals surface area contributed by atoms with Gasteiger partial charge in [-0.1, -0.05) is 58.8 Å². The van der Waals surface area contributed by atoms with Crippen LogP contribution in [0.1, 0.15) is 77.7 Å². The van der Waals surface area contributed by atoms with E-state index in [1.165, 1.54) is 64.2 Å². The lowest BCUT2D eigenvalue weighted by Gasteiger charge is -2.38. The van der Waals surface area contributed by atoms with E-state index in [2.05, 4.69) is 11.2 Å². The Morgan fingerprint density at radius 2 is 1.70 bits per heavy atom. The van der Waals surface area contributed by atoms with Crippen molar-refractivity contribution in [1.29, 1.82) is 0 Å². The molecule has 2 aromatic rings. The summed E-state index contributed by atoms with van der Waals surface area (Å²) in [5.74, 6) is -5.89. The molecule has 2 aromatic carbocycles. The zero-order chi connectivity index (χ0) is 44.8. The zero-order valence-electron chi connectivity index (χ0n) is 35.9. The highest BCUT2D eigenvalue weighted by Gasteiger charge is 2.49. The van der Waals surface area contributed by atoms with Crippen molar-refractivity contribution in [3.8, 4) is 35.3 Å². The second-order valence-corrected chi connectivity index (χ2v) is 15.7. The maximum atomic E-state index is 14.5. The number of rotatable bonds is 8. The largest absolute Gasteiger partial charge is 0.507 e. The summed E-state index contributed by atoms with van der Waals surface area (Å²) < 4.78 is 29.7. The van der Waals surface area contributed by atoms with Crippen LogP contribution in [0.4, 0.5) is 5.69 Å². The third-order valence-corrected chi connectivity index (χ3v) is 11.3. The lowest BCUT2D eigenvalue weighted by atomic mass is 9.78. The SMILES string of the molecule is C#CCN(CCC)C(=O)COc1cc2c(O)c3c(O)c(C)c4c(c13)C(=O)[C@@](C)(O/C=C/[C@H](OC)[C@H](C)[C@@H](OC(C)=O)[C@@H](C)[C@H](O)[C@H](C)[C@@H](O)[C@@H](C)/C=C/C=C(/C)C(=O)N2)O4. The van der Waals surface area contributed by atoms with E-state index in [1.54, 1.807) is 39.8 Å². The summed E-state index contributed by atoms with van der Waals surface area (Å²) in [7, 11) is 1.43. The standard InChI is InChI=1S/C45H58N2O13/c1-12-18-47(19-13-2)33(49)22-57-32-21-30-40(53)35-34(32)36-42(28(8)39(35)52)60-45(10,43(36)54)58-20-17-31(56-11)25(5)41(59-29(9)48)27(7)38(51)26(6)37(50)23(3)15-14-16-24(4)44(55)46-30/h1,14-17,20-21,23,25-27,31,37-38,41,50-53H,13,18-19,22H2,2-11H3,(H,46,55)/b15-14+,20-17+,24-16-/t23-,25-,26+,27-,31-,37-,38+,41+,45-/m0/s1. The highest BCUT2D eigenvalue weighted by molar-refractivity contribution is 6.21. The van der Waals surface area contributed by atoms with Gasteiger partial charge in [-0.25, -0.2) is 0 Å². The van der Waals surface area contributed by atoms with Crippen molar-refractivity contribution >= 4 is 40.0 Å². The van der Waals surface area contributed by atoms with Crippen molar-refractivity contribution in [1.82, 2.24) is 4.90 Å². The number of carbonyl (C=O) groups excluding carboxylic acids is 4. The molecule has 9 atom stereocenters. The highest BCUT2D eigenvalue weighted by Crippen LogP contribution is 2.54. The molecule has 60 heavy (non-hydrogen) atoms. The van der Waals surface area contributed by atoms with Crippen LogP contribution >= 0.6 is 0 Å². The summed E-state index contributed by atoms with van der Waals surface area (Å²) >= 11 is 0. The number of aliphatic hydroxyl groups excluding tert-OH is 2. The first kappa shape index (κ1) is 47.1. The number of hydrogen-bond acceptors (Lipinski definition) is 13. The number of allylic oxidation sites excluding steroid dienone is 2. The molecule has 0 aromatic heterocycles. The summed E-state index contributed by atoms with van der Waals surface area (Å²) in [6.45, 7) is 14.2. The molecule has 5 bridgehead atoms. The molecule has 3 aliphatic heterocycles. The van der Waals surface area contributed by atoms with E-state index in [4.69, 9.17) is 30.1 Å². The van der Waals surface area contributed by atoms with Crippen LogP contribution in [0.3, 0.4) is 0 Å². The molecule has 5 rings (SSSR count). The van der Waals surface area contributed by atoms with E-state index >= 15 is 0 Å². The van der Waals surface area contributed by atoms with E-state index in [1.807, 2.05) is 6.92 Å². The second kappa shape index (κ2) is 19.7. The number of fused-ring (bicyclic) bond motifs is 14. The number of aliphatic hydroxyl groups is 2. The monoisotopic (exact) mass is 834 g/mol. The fourth-order valence-corrected chi connectivity index (χ4v) is 7.65. The number of esters is 1.